The molecule has 0 aromatic heterocycles. The average molecular weight is 286 g/mol. The molecule has 0 aliphatic heterocycles. The second kappa shape index (κ2) is 4.51. The van der Waals surface area contributed by atoms with E-state index in [2.05, 4.69) is 15.9 Å². The molecule has 0 saturated heterocycles. The largest absolute Gasteiger partial charge is 0.508 e. The predicted molar refractivity (Wildman–Crippen MR) is 56.3 cm³/mol. The lowest BCUT2D eigenvalue weighted by molar-refractivity contribution is 0.188. The van der Waals surface area contributed by atoms with Crippen molar-refractivity contribution in [3.05, 3.63) is 28.2 Å². The second-order valence-corrected chi connectivity index (χ2v) is 4.56. The van der Waals surface area contributed by atoms with E-state index in [1.54, 1.807) is 12.1 Å². The van der Waals surface area contributed by atoms with Crippen LogP contribution >= 0.6 is 39.1 Å². The van der Waals surface area contributed by atoms with Crippen molar-refractivity contribution >= 4 is 39.1 Å². The third-order valence-electron chi connectivity index (χ3n) is 1.55. The molecule has 1 atom stereocenters. The molecule has 72 valence electrons. The molecule has 0 saturated carbocycles. The highest BCUT2D eigenvalue weighted by Gasteiger charge is 2.19. The Labute approximate surface area is 94.2 Å². The zero-order valence-corrected chi connectivity index (χ0v) is 9.51. The molecule has 0 heterocycles. The van der Waals surface area contributed by atoms with Crippen LogP contribution in [-0.4, -0.2) is 15.0 Å². The van der Waals surface area contributed by atoms with Crippen molar-refractivity contribution in [2.45, 2.75) is 10.9 Å². The Hall–Kier alpha value is 0.0400. The molecule has 13 heavy (non-hydrogen) atoms. The van der Waals surface area contributed by atoms with Crippen LogP contribution in [0.15, 0.2) is 22.7 Å². The third kappa shape index (κ3) is 2.74. The lowest BCUT2D eigenvalue weighted by Gasteiger charge is -2.13. The summed E-state index contributed by atoms with van der Waals surface area (Å²) < 4.78 is 0.744. The number of halogens is 3. The maximum Gasteiger partial charge on any atom is 0.137 e. The van der Waals surface area contributed by atoms with Gasteiger partial charge in [-0.2, -0.15) is 0 Å². The van der Waals surface area contributed by atoms with Gasteiger partial charge in [0.15, 0.2) is 0 Å². The Balaban J connectivity index is 3.05. The van der Waals surface area contributed by atoms with Gasteiger partial charge < -0.3 is 10.2 Å². The van der Waals surface area contributed by atoms with Crippen molar-refractivity contribution in [3.63, 3.8) is 0 Å². The number of phenols is 1. The first-order valence-corrected chi connectivity index (χ1v) is 5.13. The van der Waals surface area contributed by atoms with Gasteiger partial charge in [-0.05, 0) is 18.2 Å². The van der Waals surface area contributed by atoms with E-state index in [4.69, 9.17) is 23.2 Å². The summed E-state index contributed by atoms with van der Waals surface area (Å²) in [5.74, 6) is -0.0259. The molecule has 2 nitrogen and oxygen atoms in total. The molecule has 1 aromatic carbocycles. The van der Waals surface area contributed by atoms with E-state index >= 15 is 0 Å². The fourth-order valence-corrected chi connectivity index (χ4v) is 1.55. The maximum atomic E-state index is 9.46. The maximum absolute atomic E-state index is 9.46. The standard InChI is InChI=1S/C8H7BrCl2O2/c9-4-1-2-6(12)5(3-4)7(13)8(10)11/h1-3,7-8,12-13H. The summed E-state index contributed by atoms with van der Waals surface area (Å²) in [6.45, 7) is 0. The van der Waals surface area contributed by atoms with Gasteiger partial charge in [-0.1, -0.05) is 15.9 Å². The number of hydrogen-bond acceptors (Lipinski definition) is 2. The number of benzene rings is 1. The number of aromatic hydroxyl groups is 1. The molecular weight excluding hydrogens is 279 g/mol. The summed E-state index contributed by atoms with van der Waals surface area (Å²) in [7, 11) is 0. The summed E-state index contributed by atoms with van der Waals surface area (Å²) >= 11 is 14.2. The van der Waals surface area contributed by atoms with Crippen LogP contribution in [0.5, 0.6) is 5.75 Å². The summed E-state index contributed by atoms with van der Waals surface area (Å²) in [6.07, 6.45) is -1.08. The topological polar surface area (TPSA) is 40.5 Å². The molecule has 0 aliphatic carbocycles. The van der Waals surface area contributed by atoms with E-state index in [0.29, 0.717) is 5.56 Å². The first-order chi connectivity index (χ1) is 6.02. The summed E-state index contributed by atoms with van der Waals surface area (Å²) in [5.41, 5.74) is 0.310. The SMILES string of the molecule is Oc1ccc(Br)cc1C(O)C(Cl)Cl. The van der Waals surface area contributed by atoms with Crippen molar-refractivity contribution in [1.82, 2.24) is 0 Å². The number of rotatable bonds is 2. The Bertz CT molecular complexity index is 304. The Morgan fingerprint density at radius 2 is 1.92 bits per heavy atom. The predicted octanol–water partition coefficient (Wildman–Crippen LogP) is 2.99. The van der Waals surface area contributed by atoms with E-state index in [-0.39, 0.29) is 5.75 Å². The lowest BCUT2D eigenvalue weighted by atomic mass is 10.1. The molecular formula is C8H7BrCl2O2. The average Bonchev–Trinajstić information content (AvgIpc) is 2.08. The summed E-state index contributed by atoms with van der Waals surface area (Å²) in [4.78, 5) is -0.958. The molecule has 1 rings (SSSR count). The van der Waals surface area contributed by atoms with Gasteiger partial charge in [0.25, 0.3) is 0 Å². The highest BCUT2D eigenvalue weighted by atomic mass is 79.9. The van der Waals surface area contributed by atoms with Crippen molar-refractivity contribution in [1.29, 1.82) is 0 Å². The molecule has 0 aliphatic rings. The number of alkyl halides is 2. The van der Waals surface area contributed by atoms with E-state index in [9.17, 15) is 10.2 Å². The third-order valence-corrected chi connectivity index (χ3v) is 2.52. The van der Waals surface area contributed by atoms with Gasteiger partial charge in [0.1, 0.15) is 16.7 Å². The zero-order valence-electron chi connectivity index (χ0n) is 6.42. The highest BCUT2D eigenvalue weighted by molar-refractivity contribution is 9.10. The van der Waals surface area contributed by atoms with Crippen LogP contribution in [0.25, 0.3) is 0 Å². The van der Waals surface area contributed by atoms with Crippen LogP contribution < -0.4 is 0 Å². The molecule has 0 bridgehead atoms. The van der Waals surface area contributed by atoms with E-state index in [1.807, 2.05) is 0 Å². The Kier molecular flexibility index (Phi) is 3.86. The van der Waals surface area contributed by atoms with Gasteiger partial charge in [-0.25, -0.2) is 0 Å². The van der Waals surface area contributed by atoms with E-state index < -0.39 is 10.9 Å². The summed E-state index contributed by atoms with van der Waals surface area (Å²) in [6, 6.07) is 4.68. The first kappa shape index (κ1) is 11.1. The number of hydrogen-bond donors (Lipinski definition) is 2. The highest BCUT2D eigenvalue weighted by Crippen LogP contribution is 2.32. The van der Waals surface area contributed by atoms with E-state index in [0.717, 1.165) is 4.47 Å². The van der Waals surface area contributed by atoms with Crippen LogP contribution in [0.4, 0.5) is 0 Å². The smallest absolute Gasteiger partial charge is 0.137 e. The van der Waals surface area contributed by atoms with Crippen molar-refractivity contribution in [2.24, 2.45) is 0 Å². The van der Waals surface area contributed by atoms with Gasteiger partial charge >= 0.3 is 0 Å². The zero-order chi connectivity index (χ0) is 10.0. The normalized spacial score (nSPS) is 13.3. The minimum atomic E-state index is -1.08. The molecule has 0 amide bonds. The molecule has 0 fully saturated rings. The van der Waals surface area contributed by atoms with E-state index in [1.165, 1.54) is 6.07 Å². The van der Waals surface area contributed by atoms with Crippen LogP contribution in [0.1, 0.15) is 11.7 Å². The molecule has 0 radical (unpaired) electrons. The summed E-state index contributed by atoms with van der Waals surface area (Å²) in [5, 5.41) is 18.8. The molecule has 0 spiro atoms. The van der Waals surface area contributed by atoms with Gasteiger partial charge in [-0.3, -0.25) is 0 Å². The fraction of sp³-hybridized carbons (Fsp3) is 0.250. The Morgan fingerprint density at radius 3 is 2.46 bits per heavy atom. The fourth-order valence-electron chi connectivity index (χ4n) is 0.898. The molecule has 1 unspecified atom stereocenters. The minimum absolute atomic E-state index is 0.0259. The van der Waals surface area contributed by atoms with Crippen molar-refractivity contribution < 1.29 is 10.2 Å². The Morgan fingerprint density at radius 1 is 1.31 bits per heavy atom. The van der Waals surface area contributed by atoms with Crippen LogP contribution in [0, 0.1) is 0 Å². The van der Waals surface area contributed by atoms with Gasteiger partial charge in [0, 0.05) is 10.0 Å². The van der Waals surface area contributed by atoms with Crippen molar-refractivity contribution in [3.8, 4) is 5.75 Å². The van der Waals surface area contributed by atoms with Crippen LogP contribution in [0.3, 0.4) is 0 Å². The number of phenolic OH excluding ortho intramolecular Hbond substituents is 1. The van der Waals surface area contributed by atoms with Gasteiger partial charge in [-0.15, -0.1) is 23.2 Å². The van der Waals surface area contributed by atoms with Crippen LogP contribution in [0.2, 0.25) is 0 Å². The number of aliphatic hydroxyl groups is 1. The van der Waals surface area contributed by atoms with Crippen LogP contribution in [-0.2, 0) is 0 Å². The lowest BCUT2D eigenvalue weighted by Crippen LogP contribution is -2.06. The molecule has 2 N–H and O–H groups in total. The number of aliphatic hydroxyl groups excluding tert-OH is 1. The quantitative estimate of drug-likeness (QED) is 0.820. The van der Waals surface area contributed by atoms with Crippen molar-refractivity contribution in [2.75, 3.05) is 0 Å². The van der Waals surface area contributed by atoms with Gasteiger partial charge in [0.2, 0.25) is 0 Å². The second-order valence-electron chi connectivity index (χ2n) is 2.48. The first-order valence-electron chi connectivity index (χ1n) is 3.47. The molecule has 1 aromatic rings. The minimum Gasteiger partial charge on any atom is -0.508 e. The monoisotopic (exact) mass is 284 g/mol. The molecule has 5 heteroatoms. The van der Waals surface area contributed by atoms with Gasteiger partial charge in [0.05, 0.1) is 0 Å².